The lowest BCUT2D eigenvalue weighted by atomic mass is 10.1. The third-order valence-electron chi connectivity index (χ3n) is 2.57. The fraction of sp³-hybridized carbons (Fsp3) is 0.286. The SMILES string of the molecule is Cc1ccc([C@H](C)O)c(OCc2cccs2)c1. The van der Waals surface area contributed by atoms with Gasteiger partial charge in [-0.25, -0.2) is 0 Å². The van der Waals surface area contributed by atoms with Gasteiger partial charge < -0.3 is 9.84 Å². The van der Waals surface area contributed by atoms with Gasteiger partial charge in [0.15, 0.2) is 0 Å². The van der Waals surface area contributed by atoms with E-state index < -0.39 is 6.10 Å². The van der Waals surface area contributed by atoms with E-state index in [4.69, 9.17) is 4.74 Å². The minimum Gasteiger partial charge on any atom is -0.488 e. The lowest BCUT2D eigenvalue weighted by Crippen LogP contribution is -2.00. The molecule has 0 radical (unpaired) electrons. The summed E-state index contributed by atoms with van der Waals surface area (Å²) >= 11 is 1.67. The second kappa shape index (κ2) is 5.34. The summed E-state index contributed by atoms with van der Waals surface area (Å²) in [6.45, 7) is 4.33. The molecule has 0 fully saturated rings. The predicted molar refractivity (Wildman–Crippen MR) is 70.5 cm³/mol. The molecule has 1 atom stereocenters. The van der Waals surface area contributed by atoms with E-state index in [9.17, 15) is 5.11 Å². The lowest BCUT2D eigenvalue weighted by molar-refractivity contribution is 0.190. The Labute approximate surface area is 105 Å². The van der Waals surface area contributed by atoms with Crippen LogP contribution in [0.15, 0.2) is 35.7 Å². The molecule has 1 N–H and O–H groups in total. The molecule has 1 aromatic carbocycles. The van der Waals surface area contributed by atoms with Crippen LogP contribution in [0.5, 0.6) is 5.75 Å². The van der Waals surface area contributed by atoms with Gasteiger partial charge in [0, 0.05) is 10.4 Å². The molecule has 2 rings (SSSR count). The van der Waals surface area contributed by atoms with Crippen LogP contribution in [0.4, 0.5) is 0 Å². The van der Waals surface area contributed by atoms with Gasteiger partial charge in [-0.1, -0.05) is 18.2 Å². The summed E-state index contributed by atoms with van der Waals surface area (Å²) < 4.78 is 5.77. The van der Waals surface area contributed by atoms with Crippen molar-refractivity contribution in [2.75, 3.05) is 0 Å². The molecule has 0 saturated heterocycles. The molecule has 17 heavy (non-hydrogen) atoms. The maximum absolute atomic E-state index is 9.68. The molecule has 2 nitrogen and oxygen atoms in total. The van der Waals surface area contributed by atoms with Gasteiger partial charge in [0.1, 0.15) is 12.4 Å². The Morgan fingerprint density at radius 2 is 2.18 bits per heavy atom. The van der Waals surface area contributed by atoms with Crippen molar-refractivity contribution in [3.05, 3.63) is 51.7 Å². The minimum absolute atomic E-state index is 0.506. The van der Waals surface area contributed by atoms with E-state index in [1.807, 2.05) is 42.6 Å². The first-order valence-electron chi connectivity index (χ1n) is 5.60. The van der Waals surface area contributed by atoms with E-state index in [0.717, 1.165) is 16.9 Å². The summed E-state index contributed by atoms with van der Waals surface area (Å²) in [4.78, 5) is 1.18. The van der Waals surface area contributed by atoms with Crippen molar-refractivity contribution >= 4 is 11.3 Å². The minimum atomic E-state index is -0.506. The molecule has 0 spiro atoms. The molecule has 1 aromatic heterocycles. The van der Waals surface area contributed by atoms with Gasteiger partial charge in [0.25, 0.3) is 0 Å². The summed E-state index contributed by atoms with van der Waals surface area (Å²) in [6, 6.07) is 9.93. The third-order valence-corrected chi connectivity index (χ3v) is 3.42. The van der Waals surface area contributed by atoms with Crippen LogP contribution >= 0.6 is 11.3 Å². The van der Waals surface area contributed by atoms with Crippen LogP contribution in [0, 0.1) is 6.92 Å². The van der Waals surface area contributed by atoms with Crippen molar-refractivity contribution in [1.82, 2.24) is 0 Å². The molecule has 0 unspecified atom stereocenters. The third kappa shape index (κ3) is 3.08. The summed E-state index contributed by atoms with van der Waals surface area (Å²) in [6.07, 6.45) is -0.506. The molecular formula is C14H16O2S. The fourth-order valence-corrected chi connectivity index (χ4v) is 2.27. The van der Waals surface area contributed by atoms with Crippen LogP contribution < -0.4 is 4.74 Å². The molecule has 0 amide bonds. The number of hydrogen-bond acceptors (Lipinski definition) is 3. The normalized spacial score (nSPS) is 12.4. The van der Waals surface area contributed by atoms with Crippen molar-refractivity contribution in [1.29, 1.82) is 0 Å². The average molecular weight is 248 g/mol. The quantitative estimate of drug-likeness (QED) is 0.894. The Balaban J connectivity index is 2.16. The van der Waals surface area contributed by atoms with Crippen LogP contribution in [0.3, 0.4) is 0 Å². The van der Waals surface area contributed by atoms with Crippen LogP contribution in [-0.4, -0.2) is 5.11 Å². The number of aryl methyl sites for hydroxylation is 1. The highest BCUT2D eigenvalue weighted by atomic mass is 32.1. The molecule has 0 aliphatic carbocycles. The summed E-state index contributed by atoms with van der Waals surface area (Å²) in [5.41, 5.74) is 1.97. The Morgan fingerprint density at radius 3 is 2.82 bits per heavy atom. The van der Waals surface area contributed by atoms with Gasteiger partial charge in [-0.05, 0) is 36.9 Å². The van der Waals surface area contributed by atoms with Crippen molar-refractivity contribution in [2.24, 2.45) is 0 Å². The maximum Gasteiger partial charge on any atom is 0.125 e. The van der Waals surface area contributed by atoms with E-state index in [2.05, 4.69) is 0 Å². The Morgan fingerprint density at radius 1 is 1.35 bits per heavy atom. The smallest absolute Gasteiger partial charge is 0.125 e. The number of aliphatic hydroxyl groups excluding tert-OH is 1. The largest absolute Gasteiger partial charge is 0.488 e. The number of benzene rings is 1. The van der Waals surface area contributed by atoms with E-state index in [1.54, 1.807) is 18.3 Å². The lowest BCUT2D eigenvalue weighted by Gasteiger charge is -2.13. The standard InChI is InChI=1S/C14H16O2S/c1-10-5-6-13(11(2)15)14(8-10)16-9-12-4-3-7-17-12/h3-8,11,15H,9H2,1-2H3/t11-/m0/s1. The van der Waals surface area contributed by atoms with E-state index in [0.29, 0.717) is 6.61 Å². The second-order valence-corrected chi connectivity index (χ2v) is 5.12. The first-order valence-corrected chi connectivity index (χ1v) is 6.48. The number of rotatable bonds is 4. The van der Waals surface area contributed by atoms with Crippen LogP contribution in [0.2, 0.25) is 0 Å². The molecule has 0 aliphatic rings. The van der Waals surface area contributed by atoms with E-state index in [-0.39, 0.29) is 0 Å². The molecule has 2 aromatic rings. The van der Waals surface area contributed by atoms with Crippen molar-refractivity contribution in [3.63, 3.8) is 0 Å². The van der Waals surface area contributed by atoms with Crippen LogP contribution in [0.25, 0.3) is 0 Å². The number of thiophene rings is 1. The zero-order valence-corrected chi connectivity index (χ0v) is 10.8. The number of ether oxygens (including phenoxy) is 1. The summed E-state index contributed by atoms with van der Waals surface area (Å²) in [5, 5.41) is 11.7. The van der Waals surface area contributed by atoms with Crippen molar-refractivity contribution < 1.29 is 9.84 Å². The summed E-state index contributed by atoms with van der Waals surface area (Å²) in [7, 11) is 0. The predicted octanol–water partition coefficient (Wildman–Crippen LogP) is 3.69. The molecular weight excluding hydrogens is 232 g/mol. The monoisotopic (exact) mass is 248 g/mol. The highest BCUT2D eigenvalue weighted by Gasteiger charge is 2.09. The molecule has 0 bridgehead atoms. The van der Waals surface area contributed by atoms with E-state index in [1.165, 1.54) is 4.88 Å². The van der Waals surface area contributed by atoms with Crippen molar-refractivity contribution in [3.8, 4) is 5.75 Å². The zero-order chi connectivity index (χ0) is 12.3. The van der Waals surface area contributed by atoms with Crippen LogP contribution in [-0.2, 0) is 6.61 Å². The van der Waals surface area contributed by atoms with E-state index >= 15 is 0 Å². The van der Waals surface area contributed by atoms with Crippen molar-refractivity contribution in [2.45, 2.75) is 26.6 Å². The average Bonchev–Trinajstić information content (AvgIpc) is 2.78. The molecule has 0 saturated carbocycles. The zero-order valence-electron chi connectivity index (χ0n) is 10.0. The topological polar surface area (TPSA) is 29.5 Å². The van der Waals surface area contributed by atoms with Gasteiger partial charge >= 0.3 is 0 Å². The molecule has 1 heterocycles. The Kier molecular flexibility index (Phi) is 3.82. The fourth-order valence-electron chi connectivity index (χ4n) is 1.66. The Bertz CT molecular complexity index is 475. The van der Waals surface area contributed by atoms with Gasteiger partial charge in [-0.15, -0.1) is 11.3 Å². The maximum atomic E-state index is 9.68. The second-order valence-electron chi connectivity index (χ2n) is 4.09. The molecule has 90 valence electrons. The van der Waals surface area contributed by atoms with Crippen LogP contribution in [0.1, 0.15) is 29.0 Å². The van der Waals surface area contributed by atoms with Gasteiger partial charge in [0.05, 0.1) is 6.10 Å². The van der Waals surface area contributed by atoms with Gasteiger partial charge in [-0.3, -0.25) is 0 Å². The van der Waals surface area contributed by atoms with Gasteiger partial charge in [-0.2, -0.15) is 0 Å². The molecule has 0 aliphatic heterocycles. The van der Waals surface area contributed by atoms with Gasteiger partial charge in [0.2, 0.25) is 0 Å². The number of hydrogen-bond donors (Lipinski definition) is 1. The Hall–Kier alpha value is -1.32. The highest BCUT2D eigenvalue weighted by Crippen LogP contribution is 2.27. The molecule has 3 heteroatoms. The summed E-state index contributed by atoms with van der Waals surface area (Å²) in [5.74, 6) is 0.772. The first kappa shape index (κ1) is 12.1. The highest BCUT2D eigenvalue weighted by molar-refractivity contribution is 7.09. The first-order chi connectivity index (χ1) is 8.16. The number of aliphatic hydroxyl groups is 1.